The van der Waals surface area contributed by atoms with Crippen molar-refractivity contribution in [3.05, 3.63) is 59.8 Å². The van der Waals surface area contributed by atoms with Crippen molar-refractivity contribution >= 4 is 11.8 Å². The second kappa shape index (κ2) is 8.99. The van der Waals surface area contributed by atoms with Crippen LogP contribution in [0.5, 0.6) is 0 Å². The lowest BCUT2D eigenvalue weighted by Gasteiger charge is -2.14. The van der Waals surface area contributed by atoms with Crippen LogP contribution < -0.4 is 16.0 Å². The van der Waals surface area contributed by atoms with Gasteiger partial charge in [-0.2, -0.15) is 0 Å². The van der Waals surface area contributed by atoms with Gasteiger partial charge in [0.05, 0.1) is 0 Å². The first-order valence-corrected chi connectivity index (χ1v) is 6.88. The Morgan fingerprint density at radius 2 is 2.10 bits per heavy atom. The van der Waals surface area contributed by atoms with Crippen molar-refractivity contribution in [2.45, 2.75) is 13.5 Å². The molecular weight excluding hydrogens is 246 g/mol. The Kier molecular flexibility index (Phi) is 7.22. The van der Waals surface area contributed by atoms with Crippen LogP contribution in [0.1, 0.15) is 18.1 Å². The average molecular weight is 271 g/mol. The van der Waals surface area contributed by atoms with E-state index in [-0.39, 0.29) is 0 Å². The molecule has 0 radical (unpaired) electrons. The summed E-state index contributed by atoms with van der Waals surface area (Å²) in [5.41, 5.74) is 4.76. The standard InChI is InChI=1S/C17H25N3/c1-5-14(10-11-18-3)12-20-17-9-7-8-15(13-19-4)16(17)6-2/h5-11,18-20H,2,12-13H2,1,3-4H3/b11-10-,14-5+. The summed E-state index contributed by atoms with van der Waals surface area (Å²) in [7, 11) is 3.85. The van der Waals surface area contributed by atoms with Crippen molar-refractivity contribution in [1.82, 2.24) is 10.6 Å². The predicted octanol–water partition coefficient (Wildman–Crippen LogP) is 3.14. The molecule has 0 spiro atoms. The van der Waals surface area contributed by atoms with Gasteiger partial charge in [-0.25, -0.2) is 0 Å². The summed E-state index contributed by atoms with van der Waals surface area (Å²) in [5.74, 6) is 0. The SMILES string of the molecule is C=Cc1c(CNC)cccc1NCC(/C=C\NC)=C/C. The average Bonchev–Trinajstić information content (AvgIpc) is 2.48. The van der Waals surface area contributed by atoms with E-state index in [0.717, 1.165) is 24.3 Å². The van der Waals surface area contributed by atoms with Crippen molar-refractivity contribution < 1.29 is 0 Å². The molecular formula is C17H25N3. The van der Waals surface area contributed by atoms with Crippen LogP contribution in [0, 0.1) is 0 Å². The second-order valence-corrected chi connectivity index (χ2v) is 4.45. The smallest absolute Gasteiger partial charge is 0.0419 e. The van der Waals surface area contributed by atoms with E-state index in [2.05, 4.69) is 52.9 Å². The zero-order valence-corrected chi connectivity index (χ0v) is 12.7. The molecule has 1 rings (SSSR count). The number of hydrogen-bond acceptors (Lipinski definition) is 3. The van der Waals surface area contributed by atoms with E-state index in [9.17, 15) is 0 Å². The third-order valence-corrected chi connectivity index (χ3v) is 3.09. The van der Waals surface area contributed by atoms with Gasteiger partial charge in [-0.1, -0.05) is 30.9 Å². The summed E-state index contributed by atoms with van der Waals surface area (Å²) >= 11 is 0. The van der Waals surface area contributed by atoms with Gasteiger partial charge in [0.1, 0.15) is 0 Å². The van der Waals surface area contributed by atoms with Crippen LogP contribution in [-0.2, 0) is 6.54 Å². The fourth-order valence-corrected chi connectivity index (χ4v) is 2.00. The van der Waals surface area contributed by atoms with Gasteiger partial charge in [0.25, 0.3) is 0 Å². The van der Waals surface area contributed by atoms with Crippen LogP contribution in [0.4, 0.5) is 5.69 Å². The van der Waals surface area contributed by atoms with Crippen LogP contribution in [0.15, 0.2) is 48.7 Å². The molecule has 0 saturated carbocycles. The number of rotatable bonds is 8. The Bertz CT molecular complexity index is 487. The molecule has 0 unspecified atom stereocenters. The quantitative estimate of drug-likeness (QED) is 0.636. The molecule has 0 saturated heterocycles. The zero-order chi connectivity index (χ0) is 14.8. The minimum absolute atomic E-state index is 0.790. The first kappa shape index (κ1) is 16.1. The van der Waals surface area contributed by atoms with Gasteiger partial charge >= 0.3 is 0 Å². The minimum atomic E-state index is 0.790. The molecule has 0 aromatic heterocycles. The lowest BCUT2D eigenvalue weighted by Crippen LogP contribution is -2.10. The Morgan fingerprint density at radius 1 is 1.30 bits per heavy atom. The van der Waals surface area contributed by atoms with Gasteiger partial charge in [0.2, 0.25) is 0 Å². The molecule has 0 aliphatic heterocycles. The number of anilines is 1. The predicted molar refractivity (Wildman–Crippen MR) is 89.7 cm³/mol. The first-order valence-electron chi connectivity index (χ1n) is 6.88. The molecule has 3 heteroatoms. The molecule has 1 aromatic carbocycles. The normalized spacial score (nSPS) is 11.7. The molecule has 0 heterocycles. The molecule has 0 aliphatic carbocycles. The number of benzene rings is 1. The zero-order valence-electron chi connectivity index (χ0n) is 12.7. The maximum Gasteiger partial charge on any atom is 0.0419 e. The lowest BCUT2D eigenvalue weighted by molar-refractivity contribution is 0.816. The molecule has 0 aliphatic rings. The van der Waals surface area contributed by atoms with E-state index in [1.54, 1.807) is 0 Å². The Balaban J connectivity index is 2.84. The molecule has 3 N–H and O–H groups in total. The maximum absolute atomic E-state index is 3.92. The molecule has 20 heavy (non-hydrogen) atoms. The van der Waals surface area contributed by atoms with Crippen molar-refractivity contribution in [3.63, 3.8) is 0 Å². The fraction of sp³-hybridized carbons (Fsp3) is 0.294. The summed E-state index contributed by atoms with van der Waals surface area (Å²) in [5, 5.41) is 9.67. The van der Waals surface area contributed by atoms with E-state index in [1.165, 1.54) is 11.1 Å². The summed E-state index contributed by atoms with van der Waals surface area (Å²) < 4.78 is 0. The largest absolute Gasteiger partial charge is 0.394 e. The molecule has 0 atom stereocenters. The van der Waals surface area contributed by atoms with Gasteiger partial charge in [0.15, 0.2) is 0 Å². The van der Waals surface area contributed by atoms with Crippen LogP contribution >= 0.6 is 0 Å². The Hall–Kier alpha value is -2.00. The van der Waals surface area contributed by atoms with Gasteiger partial charge in [-0.05, 0) is 43.5 Å². The minimum Gasteiger partial charge on any atom is -0.394 e. The van der Waals surface area contributed by atoms with E-state index in [4.69, 9.17) is 0 Å². The number of hydrogen-bond donors (Lipinski definition) is 3. The van der Waals surface area contributed by atoms with Gasteiger partial charge in [-0.3, -0.25) is 0 Å². The molecule has 1 aromatic rings. The highest BCUT2D eigenvalue weighted by molar-refractivity contribution is 5.69. The van der Waals surface area contributed by atoms with Crippen molar-refractivity contribution in [3.8, 4) is 0 Å². The molecule has 0 bridgehead atoms. The number of nitrogens with one attached hydrogen (secondary N) is 3. The molecule has 0 fully saturated rings. The molecule has 3 nitrogen and oxygen atoms in total. The van der Waals surface area contributed by atoms with Crippen LogP contribution in [0.3, 0.4) is 0 Å². The first-order chi connectivity index (χ1) is 9.76. The third-order valence-electron chi connectivity index (χ3n) is 3.09. The topological polar surface area (TPSA) is 36.1 Å². The summed E-state index contributed by atoms with van der Waals surface area (Å²) in [6.45, 7) is 7.60. The second-order valence-electron chi connectivity index (χ2n) is 4.45. The van der Waals surface area contributed by atoms with E-state index in [0.29, 0.717) is 0 Å². The van der Waals surface area contributed by atoms with Gasteiger partial charge in [-0.15, -0.1) is 0 Å². The number of allylic oxidation sites excluding steroid dienone is 1. The maximum atomic E-state index is 3.92. The third kappa shape index (κ3) is 4.59. The van der Waals surface area contributed by atoms with Crippen molar-refractivity contribution in [2.24, 2.45) is 0 Å². The van der Waals surface area contributed by atoms with E-state index < -0.39 is 0 Å². The van der Waals surface area contributed by atoms with Gasteiger partial charge in [0, 0.05) is 31.4 Å². The van der Waals surface area contributed by atoms with Crippen molar-refractivity contribution in [2.75, 3.05) is 26.0 Å². The van der Waals surface area contributed by atoms with Crippen LogP contribution in [-0.4, -0.2) is 20.6 Å². The summed E-state index contributed by atoms with van der Waals surface area (Å²) in [4.78, 5) is 0. The highest BCUT2D eigenvalue weighted by Gasteiger charge is 2.04. The van der Waals surface area contributed by atoms with Crippen molar-refractivity contribution in [1.29, 1.82) is 0 Å². The highest BCUT2D eigenvalue weighted by Crippen LogP contribution is 2.21. The van der Waals surface area contributed by atoms with E-state index in [1.807, 2.05) is 33.3 Å². The molecule has 108 valence electrons. The van der Waals surface area contributed by atoms with E-state index >= 15 is 0 Å². The Morgan fingerprint density at radius 3 is 2.70 bits per heavy atom. The monoisotopic (exact) mass is 271 g/mol. The fourth-order valence-electron chi connectivity index (χ4n) is 2.00. The summed E-state index contributed by atoms with van der Waals surface area (Å²) in [6.07, 6.45) is 8.01. The van der Waals surface area contributed by atoms with Crippen LogP contribution in [0.25, 0.3) is 6.08 Å². The summed E-state index contributed by atoms with van der Waals surface area (Å²) in [6, 6.07) is 6.28. The Labute approximate surface area is 122 Å². The molecule has 0 amide bonds. The van der Waals surface area contributed by atoms with Crippen LogP contribution in [0.2, 0.25) is 0 Å². The lowest BCUT2D eigenvalue weighted by atomic mass is 10.0. The van der Waals surface area contributed by atoms with Gasteiger partial charge < -0.3 is 16.0 Å². The highest BCUT2D eigenvalue weighted by atomic mass is 14.9.